The summed E-state index contributed by atoms with van der Waals surface area (Å²) in [6.45, 7) is 6.94. The van der Waals surface area contributed by atoms with Crippen LogP contribution in [0.2, 0.25) is 0 Å². The van der Waals surface area contributed by atoms with Gasteiger partial charge in [0, 0.05) is 0 Å². The molecule has 0 aliphatic carbocycles. The van der Waals surface area contributed by atoms with Crippen LogP contribution in [0.25, 0.3) is 0 Å². The first-order valence-corrected chi connectivity index (χ1v) is 4.22. The second-order valence-corrected chi connectivity index (χ2v) is 2.74. The van der Waals surface area contributed by atoms with E-state index in [9.17, 15) is 9.59 Å². The zero-order valence-corrected chi connectivity index (χ0v) is 9.44. The van der Waals surface area contributed by atoms with E-state index in [0.29, 0.717) is 6.42 Å². The molecule has 1 unspecified atom stereocenters. The third-order valence-corrected chi connectivity index (χ3v) is 1.55. The van der Waals surface area contributed by atoms with Crippen LogP contribution in [0.15, 0.2) is 25.3 Å². The summed E-state index contributed by atoms with van der Waals surface area (Å²) in [7, 11) is 0. The number of carbonyl (C=O) groups excluding carboxylic acids is 1. The predicted molar refractivity (Wildman–Crippen MR) is 62.1 cm³/mol. The molecule has 86 valence electrons. The Kier molecular flexibility index (Phi) is 10.1. The lowest BCUT2D eigenvalue weighted by Gasteiger charge is -2.10. The summed E-state index contributed by atoms with van der Waals surface area (Å²) in [4.78, 5) is 21.6. The van der Waals surface area contributed by atoms with E-state index < -0.39 is 17.9 Å². The fourth-order valence-electron chi connectivity index (χ4n) is 0.934. The van der Waals surface area contributed by atoms with Crippen LogP contribution in [-0.4, -0.2) is 23.7 Å². The van der Waals surface area contributed by atoms with Gasteiger partial charge in [0.05, 0.1) is 12.3 Å². The molecule has 0 spiro atoms. The molecule has 0 radical (unpaired) electrons. The largest absolute Gasteiger partial charge is 0.481 e. The lowest BCUT2D eigenvalue weighted by atomic mass is 10.0. The van der Waals surface area contributed by atoms with Gasteiger partial charge in [-0.15, -0.1) is 6.58 Å². The number of esters is 1. The van der Waals surface area contributed by atoms with Gasteiger partial charge in [-0.3, -0.25) is 9.59 Å². The molecular formula is C10H16O4S. The topological polar surface area (TPSA) is 63.6 Å². The summed E-state index contributed by atoms with van der Waals surface area (Å²) >= 11 is 0. The van der Waals surface area contributed by atoms with Gasteiger partial charge in [-0.2, -0.15) is 13.5 Å². The molecule has 0 rings (SSSR count). The van der Waals surface area contributed by atoms with E-state index >= 15 is 0 Å². The van der Waals surface area contributed by atoms with E-state index in [-0.39, 0.29) is 26.5 Å². The maximum atomic E-state index is 11.2. The lowest BCUT2D eigenvalue weighted by molar-refractivity contribution is -0.152. The number of carbonyl (C=O) groups is 2. The van der Waals surface area contributed by atoms with Crippen molar-refractivity contribution in [3.8, 4) is 0 Å². The zero-order chi connectivity index (χ0) is 11.0. The van der Waals surface area contributed by atoms with E-state index in [1.165, 1.54) is 12.2 Å². The highest BCUT2D eigenvalue weighted by Gasteiger charge is 2.21. The fourth-order valence-corrected chi connectivity index (χ4v) is 0.934. The number of ether oxygens (including phenoxy) is 1. The van der Waals surface area contributed by atoms with E-state index in [0.717, 1.165) is 0 Å². The van der Waals surface area contributed by atoms with Gasteiger partial charge in [-0.1, -0.05) is 18.7 Å². The standard InChI is InChI=1S/C10H14O4.H2S/c1-3-5-8(7-9(11)12)10(13)14-6-4-2;/h3-4,8H,1-2,5-7H2,(H,11,12);1H2. The number of hydrogen-bond acceptors (Lipinski definition) is 3. The van der Waals surface area contributed by atoms with Crippen LogP contribution in [-0.2, 0) is 14.3 Å². The van der Waals surface area contributed by atoms with Crippen LogP contribution in [0.4, 0.5) is 0 Å². The first kappa shape index (κ1) is 16.2. The molecule has 0 aliphatic rings. The molecule has 0 aromatic heterocycles. The average Bonchev–Trinajstić information content (AvgIpc) is 2.13. The van der Waals surface area contributed by atoms with Gasteiger partial charge in [0.25, 0.3) is 0 Å². The molecule has 5 heteroatoms. The molecule has 0 aliphatic heterocycles. The molecule has 0 fully saturated rings. The average molecular weight is 232 g/mol. The highest BCUT2D eigenvalue weighted by atomic mass is 32.1. The van der Waals surface area contributed by atoms with E-state index in [1.54, 1.807) is 0 Å². The Morgan fingerprint density at radius 2 is 1.93 bits per heavy atom. The summed E-state index contributed by atoms with van der Waals surface area (Å²) in [6, 6.07) is 0. The van der Waals surface area contributed by atoms with Crippen molar-refractivity contribution in [2.24, 2.45) is 5.92 Å². The SMILES string of the molecule is C=CCOC(=O)C(CC=C)CC(=O)O.S. The molecule has 15 heavy (non-hydrogen) atoms. The smallest absolute Gasteiger partial charge is 0.310 e. The molecule has 0 aromatic carbocycles. The summed E-state index contributed by atoms with van der Waals surface area (Å²) in [5.41, 5.74) is 0. The van der Waals surface area contributed by atoms with Crippen LogP contribution in [0.1, 0.15) is 12.8 Å². The Morgan fingerprint density at radius 3 is 2.33 bits per heavy atom. The lowest BCUT2D eigenvalue weighted by Crippen LogP contribution is -2.20. The number of carboxylic acid groups (broad SMARTS) is 1. The normalized spacial score (nSPS) is 10.7. The van der Waals surface area contributed by atoms with Crippen molar-refractivity contribution in [1.29, 1.82) is 0 Å². The minimum atomic E-state index is -1.02. The highest BCUT2D eigenvalue weighted by molar-refractivity contribution is 7.59. The predicted octanol–water partition coefficient (Wildman–Crippen LogP) is 1.50. The number of allylic oxidation sites excluding steroid dienone is 1. The molecule has 1 atom stereocenters. The van der Waals surface area contributed by atoms with Crippen LogP contribution in [0, 0.1) is 5.92 Å². The van der Waals surface area contributed by atoms with Gasteiger partial charge in [-0.05, 0) is 6.42 Å². The van der Waals surface area contributed by atoms with Crippen molar-refractivity contribution in [2.45, 2.75) is 12.8 Å². The first-order valence-electron chi connectivity index (χ1n) is 4.22. The Hall–Kier alpha value is -1.23. The summed E-state index contributed by atoms with van der Waals surface area (Å²) < 4.78 is 4.74. The molecular weight excluding hydrogens is 216 g/mol. The molecule has 4 nitrogen and oxygen atoms in total. The molecule has 1 N–H and O–H groups in total. The third-order valence-electron chi connectivity index (χ3n) is 1.55. The van der Waals surface area contributed by atoms with E-state index in [1.807, 2.05) is 0 Å². The Labute approximate surface area is 96.1 Å². The summed E-state index contributed by atoms with van der Waals surface area (Å²) in [5, 5.41) is 8.52. The maximum absolute atomic E-state index is 11.2. The van der Waals surface area contributed by atoms with E-state index in [4.69, 9.17) is 9.84 Å². The molecule has 0 aromatic rings. The summed E-state index contributed by atoms with van der Waals surface area (Å²) in [5.74, 6) is -2.19. The monoisotopic (exact) mass is 232 g/mol. The second kappa shape index (κ2) is 9.33. The van der Waals surface area contributed by atoms with Crippen molar-refractivity contribution >= 4 is 25.4 Å². The molecule has 0 saturated carbocycles. The minimum absolute atomic E-state index is 0. The summed E-state index contributed by atoms with van der Waals surface area (Å²) in [6.07, 6.45) is 3.01. The zero-order valence-electron chi connectivity index (χ0n) is 8.44. The van der Waals surface area contributed by atoms with Gasteiger partial charge < -0.3 is 9.84 Å². The van der Waals surface area contributed by atoms with Gasteiger partial charge in [-0.25, -0.2) is 0 Å². The minimum Gasteiger partial charge on any atom is -0.481 e. The number of hydrogen-bond donors (Lipinski definition) is 1. The van der Waals surface area contributed by atoms with Gasteiger partial charge >= 0.3 is 11.9 Å². The number of carboxylic acids is 1. The molecule has 0 saturated heterocycles. The Bertz CT molecular complexity index is 238. The van der Waals surface area contributed by atoms with Gasteiger partial charge in [0.2, 0.25) is 0 Å². The second-order valence-electron chi connectivity index (χ2n) is 2.74. The quantitative estimate of drug-likeness (QED) is 0.533. The van der Waals surface area contributed by atoms with Crippen LogP contribution in [0.3, 0.4) is 0 Å². The molecule has 0 bridgehead atoms. The van der Waals surface area contributed by atoms with Crippen molar-refractivity contribution in [3.05, 3.63) is 25.3 Å². The maximum Gasteiger partial charge on any atom is 0.310 e. The van der Waals surface area contributed by atoms with Crippen molar-refractivity contribution in [2.75, 3.05) is 6.61 Å². The van der Waals surface area contributed by atoms with Crippen LogP contribution >= 0.6 is 13.5 Å². The molecule has 0 heterocycles. The fraction of sp³-hybridized carbons (Fsp3) is 0.400. The highest BCUT2D eigenvalue weighted by Crippen LogP contribution is 2.11. The first-order chi connectivity index (χ1) is 6.61. The van der Waals surface area contributed by atoms with Crippen molar-refractivity contribution in [3.63, 3.8) is 0 Å². The van der Waals surface area contributed by atoms with Gasteiger partial charge in [0.1, 0.15) is 6.61 Å². The number of aliphatic carboxylic acids is 1. The Balaban J connectivity index is 0. The van der Waals surface area contributed by atoms with Gasteiger partial charge in [0.15, 0.2) is 0 Å². The van der Waals surface area contributed by atoms with Crippen molar-refractivity contribution in [1.82, 2.24) is 0 Å². The van der Waals surface area contributed by atoms with Crippen molar-refractivity contribution < 1.29 is 19.4 Å². The number of rotatable bonds is 7. The third kappa shape index (κ3) is 7.81. The molecule has 0 amide bonds. The van der Waals surface area contributed by atoms with Crippen LogP contribution < -0.4 is 0 Å². The van der Waals surface area contributed by atoms with E-state index in [2.05, 4.69) is 13.2 Å². The Morgan fingerprint density at radius 1 is 1.33 bits per heavy atom. The van der Waals surface area contributed by atoms with Crippen LogP contribution in [0.5, 0.6) is 0 Å².